The van der Waals surface area contributed by atoms with E-state index in [1.165, 1.54) is 4.90 Å². The fourth-order valence-electron chi connectivity index (χ4n) is 3.88. The lowest BCUT2D eigenvalue weighted by atomic mass is 9.87. The van der Waals surface area contributed by atoms with Crippen molar-refractivity contribution in [3.05, 3.63) is 71.8 Å². The zero-order valence-electron chi connectivity index (χ0n) is 16.8. The van der Waals surface area contributed by atoms with Crippen LogP contribution in [0.5, 0.6) is 11.5 Å². The van der Waals surface area contributed by atoms with Crippen LogP contribution in [0.1, 0.15) is 30.1 Å². The molecular weight excluding hydrogens is 382 g/mol. The van der Waals surface area contributed by atoms with Crippen molar-refractivity contribution in [2.24, 2.45) is 0 Å². The van der Waals surface area contributed by atoms with Crippen molar-refractivity contribution in [2.75, 3.05) is 26.3 Å². The van der Waals surface area contributed by atoms with E-state index in [0.717, 1.165) is 16.3 Å². The maximum Gasteiger partial charge on any atom is 0.407 e. The number of nitrogens with zero attached hydrogens (tertiary/aromatic N) is 1. The number of likely N-dealkylation sites (N-methyl/N-ethyl adjacent to an activating group) is 1. The van der Waals surface area contributed by atoms with Gasteiger partial charge in [-0.15, -0.1) is 0 Å². The van der Waals surface area contributed by atoms with E-state index >= 15 is 0 Å². The van der Waals surface area contributed by atoms with Gasteiger partial charge in [0.2, 0.25) is 0 Å². The SMILES string of the molecule is CCN(CC(c1ccc2ccccc2c1)C(O)c1ccc2c(c1)OCCO2)C(=O)O. The first kappa shape index (κ1) is 20.0. The lowest BCUT2D eigenvalue weighted by molar-refractivity contribution is 0.106. The summed E-state index contributed by atoms with van der Waals surface area (Å²) in [5.41, 5.74) is 1.55. The van der Waals surface area contributed by atoms with Gasteiger partial charge in [-0.1, -0.05) is 48.5 Å². The second kappa shape index (κ2) is 8.63. The van der Waals surface area contributed by atoms with Crippen LogP contribution in [-0.2, 0) is 0 Å². The molecule has 1 amide bonds. The van der Waals surface area contributed by atoms with Crippen LogP contribution in [0.25, 0.3) is 10.8 Å². The summed E-state index contributed by atoms with van der Waals surface area (Å²) in [5.74, 6) is 0.814. The molecule has 30 heavy (non-hydrogen) atoms. The molecule has 0 aromatic heterocycles. The predicted molar refractivity (Wildman–Crippen MR) is 114 cm³/mol. The number of ether oxygens (including phenoxy) is 2. The Balaban J connectivity index is 1.72. The average molecular weight is 407 g/mol. The van der Waals surface area contributed by atoms with Crippen LogP contribution in [0.2, 0.25) is 0 Å². The Kier molecular flexibility index (Phi) is 5.77. The third-order valence-electron chi connectivity index (χ3n) is 5.56. The van der Waals surface area contributed by atoms with Crippen LogP contribution in [0.4, 0.5) is 4.79 Å². The molecule has 1 aliphatic heterocycles. The lowest BCUT2D eigenvalue weighted by Gasteiger charge is -2.29. The molecule has 0 spiro atoms. The Hall–Kier alpha value is -3.25. The number of carboxylic acid groups (broad SMARTS) is 1. The predicted octanol–water partition coefficient (Wildman–Crippen LogP) is 4.43. The smallest absolute Gasteiger partial charge is 0.407 e. The van der Waals surface area contributed by atoms with E-state index in [9.17, 15) is 15.0 Å². The fourth-order valence-corrected chi connectivity index (χ4v) is 3.88. The molecule has 0 aliphatic carbocycles. The monoisotopic (exact) mass is 407 g/mol. The van der Waals surface area contributed by atoms with Gasteiger partial charge in [0.05, 0.1) is 6.10 Å². The van der Waals surface area contributed by atoms with Gasteiger partial charge in [-0.25, -0.2) is 4.79 Å². The Morgan fingerprint density at radius 2 is 1.67 bits per heavy atom. The van der Waals surface area contributed by atoms with E-state index in [1.54, 1.807) is 19.1 Å². The summed E-state index contributed by atoms with van der Waals surface area (Å²) in [4.78, 5) is 13.0. The molecule has 0 fully saturated rings. The van der Waals surface area contributed by atoms with Gasteiger partial charge in [0.25, 0.3) is 0 Å². The molecule has 3 aromatic carbocycles. The summed E-state index contributed by atoms with van der Waals surface area (Å²) in [6, 6.07) is 19.4. The molecule has 1 heterocycles. The number of hydrogen-bond donors (Lipinski definition) is 2. The number of fused-ring (bicyclic) bond motifs is 2. The van der Waals surface area contributed by atoms with Gasteiger partial charge in [-0.3, -0.25) is 0 Å². The number of carbonyl (C=O) groups is 1. The molecule has 6 heteroatoms. The van der Waals surface area contributed by atoms with Crippen molar-refractivity contribution in [1.29, 1.82) is 0 Å². The summed E-state index contributed by atoms with van der Waals surface area (Å²) >= 11 is 0. The highest BCUT2D eigenvalue weighted by atomic mass is 16.6. The minimum Gasteiger partial charge on any atom is -0.486 e. The molecule has 0 radical (unpaired) electrons. The van der Waals surface area contributed by atoms with Crippen molar-refractivity contribution in [3.8, 4) is 11.5 Å². The van der Waals surface area contributed by atoms with E-state index in [2.05, 4.69) is 0 Å². The second-order valence-electron chi connectivity index (χ2n) is 7.38. The maximum atomic E-state index is 11.7. The van der Waals surface area contributed by atoms with Crippen molar-refractivity contribution >= 4 is 16.9 Å². The van der Waals surface area contributed by atoms with Gasteiger partial charge in [-0.05, 0) is 41.0 Å². The number of benzene rings is 3. The number of rotatable bonds is 6. The van der Waals surface area contributed by atoms with Gasteiger partial charge >= 0.3 is 6.09 Å². The first-order chi connectivity index (χ1) is 14.6. The summed E-state index contributed by atoms with van der Waals surface area (Å²) in [5, 5.41) is 23.0. The summed E-state index contributed by atoms with van der Waals surface area (Å²) in [6.45, 7) is 3.27. The van der Waals surface area contributed by atoms with Gasteiger partial charge in [-0.2, -0.15) is 0 Å². The van der Waals surface area contributed by atoms with Crippen LogP contribution < -0.4 is 9.47 Å². The normalized spacial score (nSPS) is 14.9. The molecule has 1 aliphatic rings. The van der Waals surface area contributed by atoms with Crippen molar-refractivity contribution < 1.29 is 24.5 Å². The molecule has 0 bridgehead atoms. The molecule has 4 rings (SSSR count). The van der Waals surface area contributed by atoms with Gasteiger partial charge in [0.15, 0.2) is 11.5 Å². The van der Waals surface area contributed by atoms with Crippen LogP contribution in [-0.4, -0.2) is 47.5 Å². The first-order valence-electron chi connectivity index (χ1n) is 10.1. The third kappa shape index (κ3) is 4.04. The molecule has 2 unspecified atom stereocenters. The van der Waals surface area contributed by atoms with E-state index in [-0.39, 0.29) is 6.54 Å². The molecule has 2 atom stereocenters. The highest BCUT2D eigenvalue weighted by molar-refractivity contribution is 5.83. The second-order valence-corrected chi connectivity index (χ2v) is 7.38. The molecule has 2 N–H and O–H groups in total. The number of hydrogen-bond acceptors (Lipinski definition) is 4. The molecule has 6 nitrogen and oxygen atoms in total. The minimum atomic E-state index is -1.00. The standard InChI is InChI=1S/C24H25NO5/c1-2-25(24(27)28)15-20(18-8-7-16-5-3-4-6-17(16)13-18)23(26)19-9-10-21-22(14-19)30-12-11-29-21/h3-10,13-14,20,23,26H,2,11-12,15H2,1H3,(H,27,28). The largest absolute Gasteiger partial charge is 0.486 e. The van der Waals surface area contributed by atoms with Crippen LogP contribution in [0, 0.1) is 0 Å². The van der Waals surface area contributed by atoms with Crippen LogP contribution in [0.15, 0.2) is 60.7 Å². The average Bonchev–Trinajstić information content (AvgIpc) is 2.78. The molecule has 0 saturated heterocycles. The van der Waals surface area contributed by atoms with Crippen molar-refractivity contribution in [2.45, 2.75) is 18.9 Å². The minimum absolute atomic E-state index is 0.180. The van der Waals surface area contributed by atoms with Gasteiger partial charge in [0, 0.05) is 19.0 Å². The van der Waals surface area contributed by atoms with E-state index in [0.29, 0.717) is 36.8 Å². The molecule has 156 valence electrons. The summed E-state index contributed by atoms with van der Waals surface area (Å²) in [6.07, 6.45) is -1.91. The van der Waals surface area contributed by atoms with Gasteiger partial charge in [0.1, 0.15) is 13.2 Å². The van der Waals surface area contributed by atoms with Crippen molar-refractivity contribution in [3.63, 3.8) is 0 Å². The van der Waals surface area contributed by atoms with E-state index in [1.807, 2.05) is 48.5 Å². The number of aliphatic hydroxyl groups excluding tert-OH is 1. The molecular formula is C24H25NO5. The molecule has 3 aromatic rings. The highest BCUT2D eigenvalue weighted by Crippen LogP contribution is 2.38. The van der Waals surface area contributed by atoms with Crippen molar-refractivity contribution in [1.82, 2.24) is 4.90 Å². The summed E-state index contributed by atoms with van der Waals surface area (Å²) < 4.78 is 11.2. The Morgan fingerprint density at radius 1 is 0.967 bits per heavy atom. The Labute approximate surface area is 175 Å². The Morgan fingerprint density at radius 3 is 2.40 bits per heavy atom. The zero-order chi connectivity index (χ0) is 21.1. The third-order valence-corrected chi connectivity index (χ3v) is 5.56. The van der Waals surface area contributed by atoms with Gasteiger partial charge < -0.3 is 24.6 Å². The fraction of sp³-hybridized carbons (Fsp3) is 0.292. The number of aliphatic hydroxyl groups is 1. The van der Waals surface area contributed by atoms with Crippen LogP contribution >= 0.6 is 0 Å². The quantitative estimate of drug-likeness (QED) is 0.632. The zero-order valence-corrected chi connectivity index (χ0v) is 16.8. The van der Waals surface area contributed by atoms with Crippen LogP contribution in [0.3, 0.4) is 0 Å². The topological polar surface area (TPSA) is 79.2 Å². The first-order valence-corrected chi connectivity index (χ1v) is 10.1. The van der Waals surface area contributed by atoms with E-state index in [4.69, 9.17) is 9.47 Å². The maximum absolute atomic E-state index is 11.7. The summed E-state index contributed by atoms with van der Waals surface area (Å²) in [7, 11) is 0. The number of amides is 1. The Bertz CT molecular complexity index is 1050. The highest BCUT2D eigenvalue weighted by Gasteiger charge is 2.28. The van der Waals surface area contributed by atoms with E-state index < -0.39 is 18.1 Å². The molecule has 0 saturated carbocycles. The lowest BCUT2D eigenvalue weighted by Crippen LogP contribution is -2.35.